The molecule has 2 rings (SSSR count). The molecule has 0 radical (unpaired) electrons. The molecule has 90 valence electrons. The molecule has 0 saturated carbocycles. The third kappa shape index (κ3) is 2.94. The molecule has 1 N–H and O–H groups in total. The number of aromatic nitrogens is 2. The highest BCUT2D eigenvalue weighted by Gasteiger charge is 2.07. The van der Waals surface area contributed by atoms with Crippen LogP contribution in [0.2, 0.25) is 0 Å². The van der Waals surface area contributed by atoms with E-state index in [9.17, 15) is 0 Å². The first kappa shape index (κ1) is 11.9. The van der Waals surface area contributed by atoms with Crippen LogP contribution in [0.1, 0.15) is 32.0 Å². The van der Waals surface area contributed by atoms with Gasteiger partial charge in [0.2, 0.25) is 0 Å². The second-order valence-electron chi connectivity index (χ2n) is 4.20. The highest BCUT2D eigenvalue weighted by Crippen LogP contribution is 2.12. The summed E-state index contributed by atoms with van der Waals surface area (Å²) < 4.78 is 1.92. The Hall–Kier alpha value is -1.61. The monoisotopic (exact) mass is 229 g/mol. The minimum atomic E-state index is 0.305. The van der Waals surface area contributed by atoms with Crippen molar-refractivity contribution < 1.29 is 0 Å². The lowest BCUT2D eigenvalue weighted by Gasteiger charge is -2.09. The van der Waals surface area contributed by atoms with Gasteiger partial charge in [0.1, 0.15) is 0 Å². The molecule has 1 aromatic carbocycles. The topological polar surface area (TPSA) is 29.9 Å². The zero-order valence-electron chi connectivity index (χ0n) is 10.4. The Labute approximate surface area is 102 Å². The number of hydrogen-bond donors (Lipinski definition) is 1. The largest absolute Gasteiger partial charge is 0.309 e. The van der Waals surface area contributed by atoms with Crippen LogP contribution in [-0.2, 0) is 0 Å². The van der Waals surface area contributed by atoms with Crippen LogP contribution in [0.5, 0.6) is 0 Å². The zero-order valence-corrected chi connectivity index (χ0v) is 10.4. The van der Waals surface area contributed by atoms with Crippen molar-refractivity contribution in [3.05, 3.63) is 48.3 Å². The van der Waals surface area contributed by atoms with Gasteiger partial charge in [-0.3, -0.25) is 0 Å². The fourth-order valence-electron chi connectivity index (χ4n) is 1.76. The van der Waals surface area contributed by atoms with Crippen molar-refractivity contribution in [3.63, 3.8) is 0 Å². The SMILES string of the molecule is CCCNC(C)c1ccn(-c2ccccc2)n1. The molecule has 3 heteroatoms. The highest BCUT2D eigenvalue weighted by atomic mass is 15.3. The van der Waals surface area contributed by atoms with Crippen LogP contribution in [0, 0.1) is 0 Å². The van der Waals surface area contributed by atoms with E-state index in [1.165, 1.54) is 0 Å². The molecule has 0 aliphatic rings. The number of rotatable bonds is 5. The number of benzene rings is 1. The van der Waals surface area contributed by atoms with Gasteiger partial charge >= 0.3 is 0 Å². The molecule has 0 spiro atoms. The Balaban J connectivity index is 2.11. The van der Waals surface area contributed by atoms with Gasteiger partial charge < -0.3 is 5.32 Å². The normalized spacial score (nSPS) is 12.6. The first-order chi connectivity index (χ1) is 8.31. The first-order valence-corrected chi connectivity index (χ1v) is 6.15. The minimum absolute atomic E-state index is 0.305. The molecule has 1 aromatic heterocycles. The van der Waals surface area contributed by atoms with E-state index >= 15 is 0 Å². The van der Waals surface area contributed by atoms with Crippen LogP contribution in [0.25, 0.3) is 5.69 Å². The van der Waals surface area contributed by atoms with E-state index in [0.29, 0.717) is 6.04 Å². The van der Waals surface area contributed by atoms with Crippen molar-refractivity contribution >= 4 is 0 Å². The quantitative estimate of drug-likeness (QED) is 0.854. The fraction of sp³-hybridized carbons (Fsp3) is 0.357. The first-order valence-electron chi connectivity index (χ1n) is 6.15. The lowest BCUT2D eigenvalue weighted by Crippen LogP contribution is -2.19. The standard InChI is InChI=1S/C14H19N3/c1-3-10-15-12(2)14-9-11-17(16-14)13-7-5-4-6-8-13/h4-9,11-12,15H,3,10H2,1-2H3. The van der Waals surface area contributed by atoms with Gasteiger partial charge in [0.15, 0.2) is 0 Å². The van der Waals surface area contributed by atoms with Gasteiger partial charge in [0, 0.05) is 12.2 Å². The van der Waals surface area contributed by atoms with E-state index in [4.69, 9.17) is 0 Å². The van der Waals surface area contributed by atoms with Crippen molar-refractivity contribution in [3.8, 4) is 5.69 Å². The summed E-state index contributed by atoms with van der Waals surface area (Å²) in [6.45, 7) is 5.34. The van der Waals surface area contributed by atoms with Crippen molar-refractivity contribution in [2.75, 3.05) is 6.54 Å². The summed E-state index contributed by atoms with van der Waals surface area (Å²) in [4.78, 5) is 0. The predicted molar refractivity (Wildman–Crippen MR) is 70.3 cm³/mol. The molecule has 1 unspecified atom stereocenters. The lowest BCUT2D eigenvalue weighted by molar-refractivity contribution is 0.553. The van der Waals surface area contributed by atoms with E-state index in [2.05, 4.69) is 42.5 Å². The van der Waals surface area contributed by atoms with Gasteiger partial charge in [0.05, 0.1) is 11.4 Å². The molecule has 3 nitrogen and oxygen atoms in total. The van der Waals surface area contributed by atoms with Crippen molar-refractivity contribution in [2.45, 2.75) is 26.3 Å². The van der Waals surface area contributed by atoms with Gasteiger partial charge in [-0.2, -0.15) is 5.10 Å². The van der Waals surface area contributed by atoms with Crippen LogP contribution in [0.15, 0.2) is 42.6 Å². The Bertz CT molecular complexity index is 448. The van der Waals surface area contributed by atoms with Gasteiger partial charge in [-0.1, -0.05) is 25.1 Å². The van der Waals surface area contributed by atoms with Crippen LogP contribution in [0.3, 0.4) is 0 Å². The smallest absolute Gasteiger partial charge is 0.0795 e. The summed E-state index contributed by atoms with van der Waals surface area (Å²) in [5, 5.41) is 8.03. The molecular weight excluding hydrogens is 210 g/mol. The number of hydrogen-bond acceptors (Lipinski definition) is 2. The third-order valence-corrected chi connectivity index (χ3v) is 2.77. The molecular formula is C14H19N3. The molecule has 0 aliphatic carbocycles. The lowest BCUT2D eigenvalue weighted by atomic mass is 10.2. The summed E-state index contributed by atoms with van der Waals surface area (Å²) in [7, 11) is 0. The van der Waals surface area contributed by atoms with Crippen molar-refractivity contribution in [2.24, 2.45) is 0 Å². The fourth-order valence-corrected chi connectivity index (χ4v) is 1.76. The average molecular weight is 229 g/mol. The van der Waals surface area contributed by atoms with E-state index in [0.717, 1.165) is 24.3 Å². The van der Waals surface area contributed by atoms with E-state index in [1.54, 1.807) is 0 Å². The number of para-hydroxylation sites is 1. The van der Waals surface area contributed by atoms with Crippen LogP contribution in [-0.4, -0.2) is 16.3 Å². The molecule has 1 heterocycles. The van der Waals surface area contributed by atoms with Gasteiger partial charge in [-0.25, -0.2) is 4.68 Å². The van der Waals surface area contributed by atoms with Crippen LogP contribution < -0.4 is 5.32 Å². The summed E-state index contributed by atoms with van der Waals surface area (Å²) >= 11 is 0. The molecule has 0 aliphatic heterocycles. The van der Waals surface area contributed by atoms with Crippen molar-refractivity contribution in [1.82, 2.24) is 15.1 Å². The molecule has 17 heavy (non-hydrogen) atoms. The zero-order chi connectivity index (χ0) is 12.1. The minimum Gasteiger partial charge on any atom is -0.309 e. The molecule has 0 saturated heterocycles. The Kier molecular flexibility index (Phi) is 3.94. The average Bonchev–Trinajstić information content (AvgIpc) is 2.86. The summed E-state index contributed by atoms with van der Waals surface area (Å²) in [6, 6.07) is 12.5. The summed E-state index contributed by atoms with van der Waals surface area (Å²) in [5.41, 5.74) is 2.18. The molecule has 2 aromatic rings. The van der Waals surface area contributed by atoms with E-state index in [-0.39, 0.29) is 0 Å². The Morgan fingerprint density at radius 2 is 2.00 bits per heavy atom. The van der Waals surface area contributed by atoms with Gasteiger partial charge in [-0.05, 0) is 38.1 Å². The highest BCUT2D eigenvalue weighted by molar-refractivity contribution is 5.30. The second-order valence-corrected chi connectivity index (χ2v) is 4.20. The van der Waals surface area contributed by atoms with Crippen LogP contribution in [0.4, 0.5) is 0 Å². The molecule has 0 bridgehead atoms. The molecule has 1 atom stereocenters. The maximum absolute atomic E-state index is 4.59. The van der Waals surface area contributed by atoms with Gasteiger partial charge in [0.25, 0.3) is 0 Å². The van der Waals surface area contributed by atoms with Crippen molar-refractivity contribution in [1.29, 1.82) is 0 Å². The van der Waals surface area contributed by atoms with E-state index in [1.807, 2.05) is 29.1 Å². The molecule has 0 fully saturated rings. The maximum Gasteiger partial charge on any atom is 0.0795 e. The number of nitrogens with one attached hydrogen (secondary N) is 1. The predicted octanol–water partition coefficient (Wildman–Crippen LogP) is 2.93. The van der Waals surface area contributed by atoms with Gasteiger partial charge in [-0.15, -0.1) is 0 Å². The van der Waals surface area contributed by atoms with E-state index < -0.39 is 0 Å². The van der Waals surface area contributed by atoms with Crippen LogP contribution >= 0.6 is 0 Å². The Morgan fingerprint density at radius 3 is 2.71 bits per heavy atom. The molecule has 0 amide bonds. The second kappa shape index (κ2) is 5.64. The number of nitrogens with zero attached hydrogens (tertiary/aromatic N) is 2. The maximum atomic E-state index is 4.59. The summed E-state index contributed by atoms with van der Waals surface area (Å²) in [6.07, 6.45) is 3.15. The Morgan fingerprint density at radius 1 is 1.24 bits per heavy atom. The summed E-state index contributed by atoms with van der Waals surface area (Å²) in [5.74, 6) is 0. The third-order valence-electron chi connectivity index (χ3n) is 2.77.